The number of likely N-dealkylation sites (N-methyl/N-ethyl adjacent to an activating group) is 1. The van der Waals surface area contributed by atoms with E-state index in [1.807, 2.05) is 6.92 Å². The summed E-state index contributed by atoms with van der Waals surface area (Å²) in [6.45, 7) is 7.70. The SMILES string of the molecule is CCCCOC(=O)[C@H](Cc1cnc[nH]1)N(C)C(=O)OC(C)(C)C. The fourth-order valence-electron chi connectivity index (χ4n) is 1.86. The smallest absolute Gasteiger partial charge is 0.410 e. The Hall–Kier alpha value is -2.05. The van der Waals surface area contributed by atoms with Gasteiger partial charge < -0.3 is 14.5 Å². The number of nitrogens with zero attached hydrogens (tertiary/aromatic N) is 2. The lowest BCUT2D eigenvalue weighted by Crippen LogP contribution is -2.46. The predicted octanol–water partition coefficient (Wildman–Crippen LogP) is 2.53. The van der Waals surface area contributed by atoms with Gasteiger partial charge in [0.25, 0.3) is 0 Å². The van der Waals surface area contributed by atoms with Gasteiger partial charge in [0.05, 0.1) is 12.9 Å². The van der Waals surface area contributed by atoms with Crippen molar-refractivity contribution in [1.29, 1.82) is 0 Å². The molecule has 0 bridgehead atoms. The maximum atomic E-state index is 12.3. The van der Waals surface area contributed by atoms with E-state index in [9.17, 15) is 9.59 Å². The molecule has 0 radical (unpaired) electrons. The molecule has 130 valence electrons. The second-order valence-corrected chi connectivity index (χ2v) is 6.41. The lowest BCUT2D eigenvalue weighted by Gasteiger charge is -2.29. The molecule has 1 aromatic rings. The maximum absolute atomic E-state index is 12.3. The maximum Gasteiger partial charge on any atom is 0.410 e. The zero-order valence-corrected chi connectivity index (χ0v) is 14.6. The second-order valence-electron chi connectivity index (χ2n) is 6.41. The first kappa shape index (κ1) is 19.0. The Labute approximate surface area is 137 Å². The number of nitrogens with one attached hydrogen (secondary N) is 1. The minimum Gasteiger partial charge on any atom is -0.464 e. The van der Waals surface area contributed by atoms with Crippen LogP contribution in [0.3, 0.4) is 0 Å². The lowest BCUT2D eigenvalue weighted by molar-refractivity contribution is -0.149. The zero-order valence-electron chi connectivity index (χ0n) is 14.6. The Morgan fingerprint density at radius 1 is 1.39 bits per heavy atom. The molecule has 0 spiro atoms. The monoisotopic (exact) mass is 325 g/mol. The van der Waals surface area contributed by atoms with Crippen molar-refractivity contribution in [2.45, 2.75) is 58.6 Å². The number of carbonyl (C=O) groups is 2. The van der Waals surface area contributed by atoms with Gasteiger partial charge in [-0.3, -0.25) is 4.90 Å². The molecule has 7 nitrogen and oxygen atoms in total. The third-order valence-corrected chi connectivity index (χ3v) is 3.13. The molecule has 0 saturated carbocycles. The molecule has 0 unspecified atom stereocenters. The average Bonchev–Trinajstić information content (AvgIpc) is 2.95. The Balaban J connectivity index is 2.80. The van der Waals surface area contributed by atoms with E-state index in [2.05, 4.69) is 9.97 Å². The van der Waals surface area contributed by atoms with Crippen LogP contribution in [0.5, 0.6) is 0 Å². The fourth-order valence-corrected chi connectivity index (χ4v) is 1.86. The molecule has 23 heavy (non-hydrogen) atoms. The van der Waals surface area contributed by atoms with Gasteiger partial charge in [0.15, 0.2) is 0 Å². The number of aromatic nitrogens is 2. The van der Waals surface area contributed by atoms with Crippen LogP contribution in [-0.4, -0.2) is 52.2 Å². The van der Waals surface area contributed by atoms with Gasteiger partial charge in [-0.15, -0.1) is 0 Å². The molecular formula is C16H27N3O4. The van der Waals surface area contributed by atoms with Crippen molar-refractivity contribution in [3.8, 4) is 0 Å². The average molecular weight is 325 g/mol. The summed E-state index contributed by atoms with van der Waals surface area (Å²) in [5, 5.41) is 0. The number of unbranched alkanes of at least 4 members (excludes halogenated alkanes) is 1. The minimum atomic E-state index is -0.762. The van der Waals surface area contributed by atoms with Crippen molar-refractivity contribution in [2.24, 2.45) is 0 Å². The van der Waals surface area contributed by atoms with Gasteiger partial charge in [-0.05, 0) is 27.2 Å². The summed E-state index contributed by atoms with van der Waals surface area (Å²) in [5.74, 6) is -0.443. The number of H-pyrrole nitrogens is 1. The van der Waals surface area contributed by atoms with Crippen LogP contribution in [0.15, 0.2) is 12.5 Å². The molecule has 7 heteroatoms. The highest BCUT2D eigenvalue weighted by atomic mass is 16.6. The fraction of sp³-hybridized carbons (Fsp3) is 0.688. The number of esters is 1. The van der Waals surface area contributed by atoms with Gasteiger partial charge in [-0.25, -0.2) is 14.6 Å². The number of rotatable bonds is 7. The van der Waals surface area contributed by atoms with Crippen molar-refractivity contribution < 1.29 is 19.1 Å². The van der Waals surface area contributed by atoms with Crippen LogP contribution in [0.25, 0.3) is 0 Å². The Morgan fingerprint density at radius 3 is 2.61 bits per heavy atom. The van der Waals surface area contributed by atoms with Crippen molar-refractivity contribution in [1.82, 2.24) is 14.9 Å². The number of hydrogen-bond acceptors (Lipinski definition) is 5. The van der Waals surface area contributed by atoms with Crippen LogP contribution in [0.4, 0.5) is 4.79 Å². The normalized spacial score (nSPS) is 12.6. The van der Waals surface area contributed by atoms with Gasteiger partial charge in [0.2, 0.25) is 0 Å². The third kappa shape index (κ3) is 6.71. The van der Waals surface area contributed by atoms with Gasteiger partial charge in [0.1, 0.15) is 11.6 Å². The summed E-state index contributed by atoms with van der Waals surface area (Å²) in [7, 11) is 1.54. The van der Waals surface area contributed by atoms with Gasteiger partial charge in [-0.1, -0.05) is 13.3 Å². The number of carbonyl (C=O) groups excluding carboxylic acids is 2. The molecule has 1 heterocycles. The van der Waals surface area contributed by atoms with E-state index in [1.54, 1.807) is 27.0 Å². The highest BCUT2D eigenvalue weighted by molar-refractivity contribution is 5.81. The van der Waals surface area contributed by atoms with Crippen molar-refractivity contribution >= 4 is 12.1 Å². The van der Waals surface area contributed by atoms with E-state index in [0.29, 0.717) is 13.0 Å². The summed E-state index contributed by atoms with van der Waals surface area (Å²) >= 11 is 0. The summed E-state index contributed by atoms with van der Waals surface area (Å²) in [6, 6.07) is -0.762. The number of amides is 1. The van der Waals surface area contributed by atoms with E-state index in [4.69, 9.17) is 9.47 Å². The lowest BCUT2D eigenvalue weighted by atomic mass is 10.1. The first-order valence-corrected chi connectivity index (χ1v) is 7.84. The van der Waals surface area contributed by atoms with E-state index in [1.165, 1.54) is 18.3 Å². The predicted molar refractivity (Wildman–Crippen MR) is 85.9 cm³/mol. The summed E-state index contributed by atoms with van der Waals surface area (Å²) < 4.78 is 10.6. The van der Waals surface area contributed by atoms with Gasteiger partial charge in [-0.2, -0.15) is 0 Å². The molecule has 0 aromatic carbocycles. The third-order valence-electron chi connectivity index (χ3n) is 3.13. The second kappa shape index (κ2) is 8.55. The van der Waals surface area contributed by atoms with Crippen LogP contribution in [0.1, 0.15) is 46.2 Å². The molecule has 1 amide bonds. The molecular weight excluding hydrogens is 298 g/mol. The van der Waals surface area contributed by atoms with E-state index < -0.39 is 23.7 Å². The quantitative estimate of drug-likeness (QED) is 0.615. The Morgan fingerprint density at radius 2 is 2.09 bits per heavy atom. The summed E-state index contributed by atoms with van der Waals surface area (Å²) in [5.41, 5.74) is 0.119. The number of aromatic amines is 1. The van der Waals surface area contributed by atoms with E-state index in [0.717, 1.165) is 18.5 Å². The molecule has 0 aliphatic carbocycles. The van der Waals surface area contributed by atoms with E-state index >= 15 is 0 Å². The number of ether oxygens (including phenoxy) is 2. The van der Waals surface area contributed by atoms with Gasteiger partial charge in [0, 0.05) is 25.4 Å². The standard InChI is InChI=1S/C16H27N3O4/c1-6-7-8-22-14(20)13(9-12-10-17-11-18-12)19(5)15(21)23-16(2,3)4/h10-11,13H,6-9H2,1-5H3,(H,17,18)/t13-/m0/s1. The van der Waals surface area contributed by atoms with Crippen molar-refractivity contribution in [3.05, 3.63) is 18.2 Å². The Kier molecular flexibility index (Phi) is 7.06. The minimum absolute atomic E-state index is 0.292. The highest BCUT2D eigenvalue weighted by Gasteiger charge is 2.31. The Bertz CT molecular complexity index is 494. The van der Waals surface area contributed by atoms with Gasteiger partial charge >= 0.3 is 12.1 Å². The molecule has 1 rings (SSSR count). The molecule has 0 aliphatic heterocycles. The van der Waals surface area contributed by atoms with Crippen LogP contribution in [-0.2, 0) is 20.7 Å². The van der Waals surface area contributed by atoms with E-state index in [-0.39, 0.29) is 0 Å². The summed E-state index contributed by atoms with van der Waals surface area (Å²) in [4.78, 5) is 32.7. The van der Waals surface area contributed by atoms with Crippen LogP contribution < -0.4 is 0 Å². The number of imidazole rings is 1. The van der Waals surface area contributed by atoms with Crippen molar-refractivity contribution in [2.75, 3.05) is 13.7 Å². The summed E-state index contributed by atoms with van der Waals surface area (Å²) in [6.07, 6.45) is 4.60. The molecule has 1 atom stereocenters. The van der Waals surface area contributed by atoms with Crippen LogP contribution in [0, 0.1) is 0 Å². The van der Waals surface area contributed by atoms with Crippen molar-refractivity contribution in [3.63, 3.8) is 0 Å². The highest BCUT2D eigenvalue weighted by Crippen LogP contribution is 2.14. The largest absolute Gasteiger partial charge is 0.464 e. The molecule has 1 aromatic heterocycles. The van der Waals surface area contributed by atoms with Crippen LogP contribution in [0.2, 0.25) is 0 Å². The first-order chi connectivity index (χ1) is 10.7. The zero-order chi connectivity index (χ0) is 17.5. The number of hydrogen-bond donors (Lipinski definition) is 1. The molecule has 1 N–H and O–H groups in total. The van der Waals surface area contributed by atoms with Crippen LogP contribution >= 0.6 is 0 Å². The molecule has 0 fully saturated rings. The topological polar surface area (TPSA) is 84.5 Å². The first-order valence-electron chi connectivity index (χ1n) is 7.84. The molecule has 0 saturated heterocycles. The molecule has 0 aliphatic rings.